The van der Waals surface area contributed by atoms with Gasteiger partial charge in [-0.3, -0.25) is 0 Å². The number of rotatable bonds is 2. The van der Waals surface area contributed by atoms with Crippen molar-refractivity contribution in [2.75, 3.05) is 6.79 Å². The van der Waals surface area contributed by atoms with Gasteiger partial charge in [-0.05, 0) is 35.7 Å². The van der Waals surface area contributed by atoms with E-state index in [1.54, 1.807) is 0 Å². The van der Waals surface area contributed by atoms with Gasteiger partial charge in [-0.15, -0.1) is 0 Å². The zero-order valence-electron chi connectivity index (χ0n) is 9.15. The van der Waals surface area contributed by atoms with Gasteiger partial charge in [0.1, 0.15) is 0 Å². The molecule has 0 atom stereocenters. The smallest absolute Gasteiger partial charge is 0.231 e. The highest BCUT2D eigenvalue weighted by Crippen LogP contribution is 2.33. The lowest BCUT2D eigenvalue weighted by Crippen LogP contribution is -1.93. The number of hydrogen-bond acceptors (Lipinski definition) is 2. The van der Waals surface area contributed by atoms with Gasteiger partial charge in [-0.2, -0.15) is 0 Å². The summed E-state index contributed by atoms with van der Waals surface area (Å²) >= 11 is 6.14. The molecule has 0 unspecified atom stereocenters. The van der Waals surface area contributed by atoms with E-state index >= 15 is 0 Å². The monoisotopic (exact) mass is 246 g/mol. The van der Waals surface area contributed by atoms with Crippen molar-refractivity contribution in [2.24, 2.45) is 0 Å². The molecule has 2 aromatic rings. The molecule has 0 N–H and O–H groups in total. The lowest BCUT2D eigenvalue weighted by molar-refractivity contribution is 0.174. The van der Waals surface area contributed by atoms with E-state index in [1.165, 1.54) is 5.56 Å². The van der Waals surface area contributed by atoms with Crippen molar-refractivity contribution >= 4 is 11.6 Å². The fourth-order valence-corrected chi connectivity index (χ4v) is 2.12. The van der Waals surface area contributed by atoms with Crippen molar-refractivity contribution in [3.05, 3.63) is 58.6 Å². The summed E-state index contributed by atoms with van der Waals surface area (Å²) < 4.78 is 10.6. The van der Waals surface area contributed by atoms with Crippen molar-refractivity contribution in [3.8, 4) is 11.5 Å². The summed E-state index contributed by atoms with van der Waals surface area (Å²) in [4.78, 5) is 0. The zero-order chi connectivity index (χ0) is 11.7. The van der Waals surface area contributed by atoms with E-state index < -0.39 is 0 Å². The molecule has 1 heterocycles. The Morgan fingerprint density at radius 2 is 1.82 bits per heavy atom. The van der Waals surface area contributed by atoms with Gasteiger partial charge in [0.05, 0.1) is 0 Å². The van der Waals surface area contributed by atoms with Gasteiger partial charge in [0.2, 0.25) is 6.79 Å². The van der Waals surface area contributed by atoms with Crippen LogP contribution in [0.4, 0.5) is 0 Å². The molecule has 0 fully saturated rings. The minimum atomic E-state index is 0.310. The van der Waals surface area contributed by atoms with E-state index in [2.05, 4.69) is 0 Å². The second-order valence-corrected chi connectivity index (χ2v) is 4.36. The van der Waals surface area contributed by atoms with Crippen LogP contribution in [0, 0.1) is 0 Å². The minimum absolute atomic E-state index is 0.310. The highest BCUT2D eigenvalue weighted by Gasteiger charge is 2.13. The first kappa shape index (κ1) is 10.5. The van der Waals surface area contributed by atoms with E-state index in [9.17, 15) is 0 Å². The Kier molecular flexibility index (Phi) is 2.65. The third-order valence-corrected chi connectivity index (χ3v) is 3.16. The average molecular weight is 247 g/mol. The van der Waals surface area contributed by atoms with Gasteiger partial charge in [-0.25, -0.2) is 0 Å². The van der Waals surface area contributed by atoms with Crippen molar-refractivity contribution in [2.45, 2.75) is 6.42 Å². The zero-order valence-corrected chi connectivity index (χ0v) is 9.91. The Labute approximate surface area is 105 Å². The molecule has 3 heteroatoms. The van der Waals surface area contributed by atoms with Crippen LogP contribution in [-0.4, -0.2) is 6.79 Å². The van der Waals surface area contributed by atoms with Crippen molar-refractivity contribution in [1.82, 2.24) is 0 Å². The standard InChI is InChI=1S/C14H11ClO2/c15-12-4-2-1-3-11(12)7-10-5-6-13-14(8-10)17-9-16-13/h1-6,8H,7,9H2. The van der Waals surface area contributed by atoms with Crippen molar-refractivity contribution in [1.29, 1.82) is 0 Å². The van der Waals surface area contributed by atoms with Gasteiger partial charge >= 0.3 is 0 Å². The number of fused-ring (bicyclic) bond motifs is 1. The molecule has 0 radical (unpaired) electrons. The minimum Gasteiger partial charge on any atom is -0.454 e. The molecule has 0 spiro atoms. The van der Waals surface area contributed by atoms with E-state index in [-0.39, 0.29) is 0 Å². The van der Waals surface area contributed by atoms with Crippen LogP contribution in [-0.2, 0) is 6.42 Å². The summed E-state index contributed by atoms with van der Waals surface area (Å²) in [5.41, 5.74) is 2.29. The van der Waals surface area contributed by atoms with E-state index in [0.29, 0.717) is 6.79 Å². The van der Waals surface area contributed by atoms with Crippen LogP contribution in [0.2, 0.25) is 5.02 Å². The van der Waals surface area contributed by atoms with Crippen LogP contribution in [0.3, 0.4) is 0 Å². The van der Waals surface area contributed by atoms with Crippen molar-refractivity contribution < 1.29 is 9.47 Å². The van der Waals surface area contributed by atoms with Gasteiger partial charge in [0.15, 0.2) is 11.5 Å². The summed E-state index contributed by atoms with van der Waals surface area (Å²) in [5.74, 6) is 1.63. The molecular formula is C14H11ClO2. The first-order chi connectivity index (χ1) is 8.33. The molecule has 0 aliphatic carbocycles. The van der Waals surface area contributed by atoms with Crippen LogP contribution in [0.15, 0.2) is 42.5 Å². The number of halogens is 1. The Bertz CT molecular complexity index is 552. The molecule has 0 aromatic heterocycles. The second-order valence-electron chi connectivity index (χ2n) is 3.96. The molecule has 3 rings (SSSR count). The van der Waals surface area contributed by atoms with Crippen LogP contribution in [0.1, 0.15) is 11.1 Å². The average Bonchev–Trinajstić information content (AvgIpc) is 2.79. The van der Waals surface area contributed by atoms with Crippen LogP contribution >= 0.6 is 11.6 Å². The van der Waals surface area contributed by atoms with Crippen LogP contribution < -0.4 is 9.47 Å². The maximum absolute atomic E-state index is 6.14. The highest BCUT2D eigenvalue weighted by atomic mass is 35.5. The maximum atomic E-state index is 6.14. The maximum Gasteiger partial charge on any atom is 0.231 e. The molecule has 1 aliphatic rings. The predicted octanol–water partition coefficient (Wildman–Crippen LogP) is 3.66. The Morgan fingerprint density at radius 3 is 2.71 bits per heavy atom. The third kappa shape index (κ3) is 2.08. The van der Waals surface area contributed by atoms with E-state index in [4.69, 9.17) is 21.1 Å². The topological polar surface area (TPSA) is 18.5 Å². The number of hydrogen-bond donors (Lipinski definition) is 0. The van der Waals surface area contributed by atoms with E-state index in [1.807, 2.05) is 42.5 Å². The number of ether oxygens (including phenoxy) is 2. The molecule has 86 valence electrons. The summed E-state index contributed by atoms with van der Waals surface area (Å²) in [7, 11) is 0. The SMILES string of the molecule is Clc1ccccc1Cc1ccc2c(c1)OCO2. The highest BCUT2D eigenvalue weighted by molar-refractivity contribution is 6.31. The Balaban J connectivity index is 1.89. The Hall–Kier alpha value is -1.67. The number of benzene rings is 2. The normalized spacial score (nSPS) is 12.8. The van der Waals surface area contributed by atoms with Gasteiger partial charge < -0.3 is 9.47 Å². The lowest BCUT2D eigenvalue weighted by Gasteiger charge is -2.05. The summed E-state index contributed by atoms with van der Waals surface area (Å²) in [6.07, 6.45) is 0.802. The molecule has 0 saturated heterocycles. The molecular weight excluding hydrogens is 236 g/mol. The summed E-state index contributed by atoms with van der Waals surface area (Å²) in [6, 6.07) is 13.9. The van der Waals surface area contributed by atoms with E-state index in [0.717, 1.165) is 28.5 Å². The molecule has 0 bridgehead atoms. The quantitative estimate of drug-likeness (QED) is 0.805. The molecule has 2 aromatic carbocycles. The third-order valence-electron chi connectivity index (χ3n) is 2.79. The molecule has 0 saturated carbocycles. The van der Waals surface area contributed by atoms with Crippen molar-refractivity contribution in [3.63, 3.8) is 0 Å². The summed E-state index contributed by atoms with van der Waals surface area (Å²) in [6.45, 7) is 0.310. The largest absolute Gasteiger partial charge is 0.454 e. The lowest BCUT2D eigenvalue weighted by atomic mass is 10.0. The second kappa shape index (κ2) is 4.30. The Morgan fingerprint density at radius 1 is 1.00 bits per heavy atom. The molecule has 1 aliphatic heterocycles. The van der Waals surface area contributed by atoms with Gasteiger partial charge in [0, 0.05) is 5.02 Å². The first-order valence-electron chi connectivity index (χ1n) is 5.45. The van der Waals surface area contributed by atoms with Crippen LogP contribution in [0.25, 0.3) is 0 Å². The summed E-state index contributed by atoms with van der Waals surface area (Å²) in [5, 5.41) is 0.796. The molecule has 2 nitrogen and oxygen atoms in total. The molecule has 17 heavy (non-hydrogen) atoms. The van der Waals surface area contributed by atoms with Gasteiger partial charge in [0.25, 0.3) is 0 Å². The fraction of sp³-hybridized carbons (Fsp3) is 0.143. The molecule has 0 amide bonds. The van der Waals surface area contributed by atoms with Crippen LogP contribution in [0.5, 0.6) is 11.5 Å². The first-order valence-corrected chi connectivity index (χ1v) is 5.83. The fourth-order valence-electron chi connectivity index (χ4n) is 1.91. The van der Waals surface area contributed by atoms with Gasteiger partial charge in [-0.1, -0.05) is 35.9 Å². The predicted molar refractivity (Wildman–Crippen MR) is 66.8 cm³/mol.